The Hall–Kier alpha value is -1.36. The smallest absolute Gasteiger partial charge is 0.272 e. The first-order valence-corrected chi connectivity index (χ1v) is 4.92. The molecule has 3 N–H and O–H groups in total. The van der Waals surface area contributed by atoms with Gasteiger partial charge in [-0.2, -0.15) is 5.10 Å². The predicted octanol–water partition coefficient (Wildman–Crippen LogP) is -0.0949. The molecule has 0 radical (unpaired) electrons. The topological polar surface area (TPSA) is 69.8 Å². The molecule has 5 nitrogen and oxygen atoms in total. The Balaban J connectivity index is 1.84. The summed E-state index contributed by atoms with van der Waals surface area (Å²) in [7, 11) is 0. The Kier molecular flexibility index (Phi) is 1.61. The summed E-state index contributed by atoms with van der Waals surface area (Å²) in [4.78, 5) is 11.7. The average Bonchev–Trinajstić information content (AvgIpc) is 2.72. The molecule has 0 bridgehead atoms. The van der Waals surface area contributed by atoms with Crippen molar-refractivity contribution in [3.8, 4) is 0 Å². The van der Waals surface area contributed by atoms with Crippen molar-refractivity contribution in [1.29, 1.82) is 0 Å². The van der Waals surface area contributed by atoms with Crippen molar-refractivity contribution in [2.24, 2.45) is 0 Å². The van der Waals surface area contributed by atoms with Crippen molar-refractivity contribution in [3.63, 3.8) is 0 Å². The third-order valence-electron chi connectivity index (χ3n) is 2.68. The molecule has 0 atom stereocenters. The van der Waals surface area contributed by atoms with E-state index < -0.39 is 0 Å². The monoisotopic (exact) mass is 192 g/mol. The summed E-state index contributed by atoms with van der Waals surface area (Å²) in [5.41, 5.74) is 2.64. The van der Waals surface area contributed by atoms with Crippen LogP contribution < -0.4 is 10.6 Å². The molecule has 0 spiro atoms. The fourth-order valence-electron chi connectivity index (χ4n) is 1.72. The maximum absolute atomic E-state index is 11.7. The van der Waals surface area contributed by atoms with Gasteiger partial charge in [0.15, 0.2) is 5.69 Å². The van der Waals surface area contributed by atoms with Gasteiger partial charge in [0, 0.05) is 24.7 Å². The van der Waals surface area contributed by atoms with Crippen molar-refractivity contribution < 1.29 is 4.79 Å². The zero-order chi connectivity index (χ0) is 9.54. The van der Waals surface area contributed by atoms with Gasteiger partial charge in [-0.15, -0.1) is 0 Å². The Morgan fingerprint density at radius 3 is 3.07 bits per heavy atom. The molecule has 0 aromatic carbocycles. The molecule has 1 aromatic heterocycles. The van der Waals surface area contributed by atoms with E-state index in [1.165, 1.54) is 0 Å². The molecular weight excluding hydrogens is 180 g/mol. The number of carbonyl (C=O) groups is 1. The highest BCUT2D eigenvalue weighted by Crippen LogP contribution is 2.21. The van der Waals surface area contributed by atoms with Crippen LogP contribution in [0.5, 0.6) is 0 Å². The summed E-state index contributed by atoms with van der Waals surface area (Å²) < 4.78 is 0. The van der Waals surface area contributed by atoms with E-state index in [1.54, 1.807) is 0 Å². The van der Waals surface area contributed by atoms with Gasteiger partial charge in [0.2, 0.25) is 0 Å². The lowest BCUT2D eigenvalue weighted by Crippen LogP contribution is -2.26. The Morgan fingerprint density at radius 1 is 1.43 bits per heavy atom. The van der Waals surface area contributed by atoms with Gasteiger partial charge in [0.1, 0.15) is 0 Å². The highest BCUT2D eigenvalue weighted by atomic mass is 16.2. The maximum Gasteiger partial charge on any atom is 0.272 e. The van der Waals surface area contributed by atoms with Crippen molar-refractivity contribution in [2.75, 3.05) is 0 Å². The van der Waals surface area contributed by atoms with E-state index in [9.17, 15) is 4.79 Å². The second-order valence-corrected chi connectivity index (χ2v) is 3.88. The van der Waals surface area contributed by atoms with Crippen molar-refractivity contribution >= 4 is 5.91 Å². The van der Waals surface area contributed by atoms with Crippen LogP contribution in [0.2, 0.25) is 0 Å². The zero-order valence-corrected chi connectivity index (χ0v) is 7.76. The molecule has 1 amide bonds. The lowest BCUT2D eigenvalue weighted by molar-refractivity contribution is 0.0945. The lowest BCUT2D eigenvalue weighted by atomic mass is 10.2. The molecular formula is C9H12N4O. The van der Waals surface area contributed by atoms with Gasteiger partial charge >= 0.3 is 0 Å². The molecule has 1 aliphatic carbocycles. The molecule has 0 saturated heterocycles. The summed E-state index contributed by atoms with van der Waals surface area (Å²) >= 11 is 0. The van der Waals surface area contributed by atoms with E-state index in [0.717, 1.165) is 37.2 Å². The number of hydrogen-bond donors (Lipinski definition) is 3. The summed E-state index contributed by atoms with van der Waals surface area (Å²) in [6.45, 7) is 1.54. The van der Waals surface area contributed by atoms with E-state index in [1.807, 2.05) is 0 Å². The predicted molar refractivity (Wildman–Crippen MR) is 49.6 cm³/mol. The molecule has 1 aromatic rings. The molecule has 74 valence electrons. The van der Waals surface area contributed by atoms with Crippen LogP contribution in [0.3, 0.4) is 0 Å². The summed E-state index contributed by atoms with van der Waals surface area (Å²) in [5.74, 6) is -0.0336. The van der Waals surface area contributed by atoms with Gasteiger partial charge in [0.25, 0.3) is 5.91 Å². The molecule has 14 heavy (non-hydrogen) atoms. The summed E-state index contributed by atoms with van der Waals surface area (Å²) in [6, 6.07) is 0.393. The van der Waals surface area contributed by atoms with Crippen LogP contribution >= 0.6 is 0 Å². The van der Waals surface area contributed by atoms with Crippen LogP contribution in [0.4, 0.5) is 0 Å². The molecule has 1 fully saturated rings. The Morgan fingerprint density at radius 2 is 2.29 bits per heavy atom. The quantitative estimate of drug-likeness (QED) is 0.613. The van der Waals surface area contributed by atoms with Crippen LogP contribution in [0.15, 0.2) is 0 Å². The van der Waals surface area contributed by atoms with Gasteiger partial charge in [0.05, 0.1) is 5.69 Å². The average molecular weight is 192 g/mol. The number of nitrogens with zero attached hydrogens (tertiary/aromatic N) is 1. The number of rotatable bonds is 2. The lowest BCUT2D eigenvalue weighted by Gasteiger charge is -2.00. The fourth-order valence-corrected chi connectivity index (χ4v) is 1.72. The van der Waals surface area contributed by atoms with E-state index in [0.29, 0.717) is 11.7 Å². The second-order valence-electron chi connectivity index (χ2n) is 3.88. The number of amides is 1. The summed E-state index contributed by atoms with van der Waals surface area (Å²) in [5, 5.41) is 13.0. The highest BCUT2D eigenvalue weighted by Gasteiger charge is 2.28. The molecule has 1 aliphatic heterocycles. The highest BCUT2D eigenvalue weighted by molar-refractivity contribution is 5.94. The molecule has 5 heteroatoms. The van der Waals surface area contributed by atoms with E-state index in [-0.39, 0.29) is 5.91 Å². The van der Waals surface area contributed by atoms with E-state index >= 15 is 0 Å². The van der Waals surface area contributed by atoms with Crippen molar-refractivity contribution in [3.05, 3.63) is 17.0 Å². The largest absolute Gasteiger partial charge is 0.348 e. The standard InChI is InChI=1S/C9H12N4O/c14-9(11-5-1-2-5)8-6-3-10-4-7(6)12-13-8/h5,10H,1-4H2,(H,11,14)(H,12,13). The Labute approximate surface area is 81.3 Å². The van der Waals surface area contributed by atoms with Gasteiger partial charge in [-0.1, -0.05) is 0 Å². The van der Waals surface area contributed by atoms with Crippen molar-refractivity contribution in [2.45, 2.75) is 32.0 Å². The first-order valence-electron chi connectivity index (χ1n) is 4.92. The van der Waals surface area contributed by atoms with Crippen molar-refractivity contribution in [1.82, 2.24) is 20.8 Å². The van der Waals surface area contributed by atoms with Gasteiger partial charge < -0.3 is 10.6 Å². The van der Waals surface area contributed by atoms with Crippen LogP contribution in [-0.4, -0.2) is 22.1 Å². The fraction of sp³-hybridized carbons (Fsp3) is 0.556. The number of hydrogen-bond acceptors (Lipinski definition) is 3. The third kappa shape index (κ3) is 1.21. The first-order chi connectivity index (χ1) is 6.84. The third-order valence-corrected chi connectivity index (χ3v) is 2.68. The van der Waals surface area contributed by atoms with E-state index in [4.69, 9.17) is 0 Å². The van der Waals surface area contributed by atoms with Gasteiger partial charge in [-0.3, -0.25) is 9.89 Å². The normalized spacial score (nSPS) is 19.4. The molecule has 1 saturated carbocycles. The van der Waals surface area contributed by atoms with Crippen LogP contribution in [0, 0.1) is 0 Å². The van der Waals surface area contributed by atoms with E-state index in [2.05, 4.69) is 20.8 Å². The minimum Gasteiger partial charge on any atom is -0.348 e. The SMILES string of the molecule is O=C(NC1CC1)c1n[nH]c2c1CNC2. The van der Waals surface area contributed by atoms with Crippen LogP contribution in [0.25, 0.3) is 0 Å². The van der Waals surface area contributed by atoms with Gasteiger partial charge in [-0.05, 0) is 12.8 Å². The molecule has 2 heterocycles. The zero-order valence-electron chi connectivity index (χ0n) is 7.76. The number of carbonyl (C=O) groups excluding carboxylic acids is 1. The summed E-state index contributed by atoms with van der Waals surface area (Å²) in [6.07, 6.45) is 2.22. The number of fused-ring (bicyclic) bond motifs is 1. The first kappa shape index (κ1) is 7.99. The molecule has 2 aliphatic rings. The molecule has 3 rings (SSSR count). The number of aromatic amines is 1. The number of H-pyrrole nitrogens is 1. The number of aromatic nitrogens is 2. The van der Waals surface area contributed by atoms with Crippen LogP contribution in [0.1, 0.15) is 34.6 Å². The van der Waals surface area contributed by atoms with Gasteiger partial charge in [-0.25, -0.2) is 0 Å². The Bertz CT molecular complexity index is 380. The molecule has 0 unspecified atom stereocenters. The second kappa shape index (κ2) is 2.81. The number of nitrogens with one attached hydrogen (secondary N) is 3. The minimum atomic E-state index is -0.0336. The minimum absolute atomic E-state index is 0.0336. The maximum atomic E-state index is 11.7. The van der Waals surface area contributed by atoms with Crippen LogP contribution in [-0.2, 0) is 13.1 Å².